The van der Waals surface area contributed by atoms with Crippen LogP contribution in [0.3, 0.4) is 0 Å². The van der Waals surface area contributed by atoms with Crippen molar-refractivity contribution in [1.82, 2.24) is 0 Å². The smallest absolute Gasteiger partial charge is 0.550 e. The average molecular weight is 270 g/mol. The van der Waals surface area contributed by atoms with Crippen LogP contribution < -0.4 is 39.4 Å². The van der Waals surface area contributed by atoms with E-state index in [1.165, 1.54) is 13.4 Å². The number of ketones is 1. The molecule has 0 N–H and O–H groups in total. The van der Waals surface area contributed by atoms with Gasteiger partial charge in [-0.05, 0) is 24.6 Å². The fourth-order valence-electron chi connectivity index (χ4n) is 1.72. The maximum absolute atomic E-state index is 11.8. The average Bonchev–Trinajstić information content (AvgIpc) is 2.82. The van der Waals surface area contributed by atoms with Crippen molar-refractivity contribution in [2.75, 3.05) is 7.11 Å². The van der Waals surface area contributed by atoms with E-state index in [2.05, 4.69) is 0 Å². The Morgan fingerprint density at radius 2 is 2.05 bits per heavy atom. The van der Waals surface area contributed by atoms with Gasteiger partial charge in [-0.1, -0.05) is 0 Å². The number of fused-ring (bicyclic) bond motifs is 1. The molecule has 5 nitrogen and oxygen atoms in total. The number of carbonyl (C=O) groups excluding carboxylic acids is 2. The molecule has 19 heavy (non-hydrogen) atoms. The number of furan rings is 1. The Bertz CT molecular complexity index is 602. The number of benzene rings is 1. The van der Waals surface area contributed by atoms with Gasteiger partial charge in [0.05, 0.1) is 13.4 Å². The van der Waals surface area contributed by atoms with Crippen molar-refractivity contribution in [2.45, 2.75) is 12.8 Å². The molecule has 2 rings (SSSR count). The molecular formula is C13H11NaO5. The predicted octanol–water partition coefficient (Wildman–Crippen LogP) is -1.84. The minimum absolute atomic E-state index is 0. The minimum atomic E-state index is -1.24. The maximum atomic E-state index is 11.8. The zero-order valence-electron chi connectivity index (χ0n) is 10.8. The standard InChI is InChI=1S/C13H12O5.Na/c1-17-11-7-9(10(14)2-3-12(15)16)6-8-4-5-18-13(8)11;/h4-7H,2-3H2,1H3,(H,15,16);/q;+1/p-1. The summed E-state index contributed by atoms with van der Waals surface area (Å²) in [4.78, 5) is 22.1. The van der Waals surface area contributed by atoms with Gasteiger partial charge in [0, 0.05) is 23.3 Å². The van der Waals surface area contributed by atoms with E-state index >= 15 is 0 Å². The number of hydrogen-bond acceptors (Lipinski definition) is 5. The molecule has 0 spiro atoms. The molecule has 0 radical (unpaired) electrons. The molecule has 0 bridgehead atoms. The summed E-state index contributed by atoms with van der Waals surface area (Å²) in [6.45, 7) is 0. The molecule has 0 aliphatic rings. The summed E-state index contributed by atoms with van der Waals surface area (Å²) >= 11 is 0. The maximum Gasteiger partial charge on any atom is 1.00 e. The Labute approximate surface area is 131 Å². The zero-order chi connectivity index (χ0) is 13.1. The summed E-state index contributed by atoms with van der Waals surface area (Å²) in [6, 6.07) is 4.91. The molecular weight excluding hydrogens is 259 g/mol. The van der Waals surface area contributed by atoms with Crippen LogP contribution in [0.1, 0.15) is 23.2 Å². The Morgan fingerprint density at radius 1 is 1.32 bits per heavy atom. The van der Waals surface area contributed by atoms with E-state index in [0.717, 1.165) is 5.39 Å². The number of carboxylic acid groups (broad SMARTS) is 1. The molecule has 6 heteroatoms. The summed E-state index contributed by atoms with van der Waals surface area (Å²) in [5.74, 6) is -1.05. The number of hydrogen-bond donors (Lipinski definition) is 0. The first-order valence-corrected chi connectivity index (χ1v) is 5.40. The van der Waals surface area contributed by atoms with E-state index in [9.17, 15) is 14.7 Å². The van der Waals surface area contributed by atoms with Gasteiger partial charge >= 0.3 is 29.6 Å². The number of methoxy groups -OCH3 is 1. The first kappa shape index (κ1) is 15.8. The van der Waals surface area contributed by atoms with Gasteiger partial charge in [-0.15, -0.1) is 0 Å². The van der Waals surface area contributed by atoms with E-state index in [1.54, 1.807) is 18.2 Å². The molecule has 1 heterocycles. The van der Waals surface area contributed by atoms with Crippen LogP contribution in [0.4, 0.5) is 0 Å². The van der Waals surface area contributed by atoms with Crippen molar-refractivity contribution in [3.63, 3.8) is 0 Å². The summed E-state index contributed by atoms with van der Waals surface area (Å²) in [7, 11) is 1.48. The van der Waals surface area contributed by atoms with Crippen molar-refractivity contribution in [3.8, 4) is 5.75 Å². The molecule has 0 atom stereocenters. The van der Waals surface area contributed by atoms with E-state index < -0.39 is 5.97 Å². The number of carbonyl (C=O) groups is 2. The molecule has 0 saturated heterocycles. The SMILES string of the molecule is COc1cc(C(=O)CCC(=O)[O-])cc2ccoc12.[Na+]. The van der Waals surface area contributed by atoms with Crippen LogP contribution in [-0.4, -0.2) is 18.9 Å². The van der Waals surface area contributed by atoms with E-state index in [1.807, 2.05) is 0 Å². The van der Waals surface area contributed by atoms with Gasteiger partial charge in [-0.2, -0.15) is 0 Å². The third-order valence-corrected chi connectivity index (χ3v) is 2.62. The number of carboxylic acids is 1. The summed E-state index contributed by atoms with van der Waals surface area (Å²) < 4.78 is 10.4. The Hall–Kier alpha value is -1.30. The Balaban J connectivity index is 0.00000180. The molecule has 94 valence electrons. The zero-order valence-corrected chi connectivity index (χ0v) is 12.8. The van der Waals surface area contributed by atoms with Crippen molar-refractivity contribution < 1.29 is 53.4 Å². The van der Waals surface area contributed by atoms with Crippen LogP contribution in [0.5, 0.6) is 5.75 Å². The number of rotatable bonds is 5. The van der Waals surface area contributed by atoms with Crippen LogP contribution >= 0.6 is 0 Å². The van der Waals surface area contributed by atoms with Gasteiger partial charge in [0.2, 0.25) is 0 Å². The van der Waals surface area contributed by atoms with Crippen LogP contribution in [0.15, 0.2) is 28.9 Å². The third-order valence-electron chi connectivity index (χ3n) is 2.62. The van der Waals surface area contributed by atoms with E-state index in [-0.39, 0.29) is 48.2 Å². The quantitative estimate of drug-likeness (QED) is 0.471. The second-order valence-corrected chi connectivity index (χ2v) is 3.81. The van der Waals surface area contributed by atoms with Crippen molar-refractivity contribution in [2.24, 2.45) is 0 Å². The number of Topliss-reactive ketones (excluding diaryl/α,β-unsaturated/α-hetero) is 1. The molecule has 0 fully saturated rings. The van der Waals surface area contributed by atoms with Gasteiger partial charge in [-0.3, -0.25) is 4.79 Å². The monoisotopic (exact) mass is 270 g/mol. The van der Waals surface area contributed by atoms with Gasteiger partial charge < -0.3 is 19.1 Å². The van der Waals surface area contributed by atoms with Crippen molar-refractivity contribution in [1.29, 1.82) is 0 Å². The second-order valence-electron chi connectivity index (χ2n) is 3.81. The molecule has 0 unspecified atom stereocenters. The fraction of sp³-hybridized carbons (Fsp3) is 0.231. The summed E-state index contributed by atoms with van der Waals surface area (Å²) in [6.07, 6.45) is 1.13. The Morgan fingerprint density at radius 3 is 2.68 bits per heavy atom. The van der Waals surface area contributed by atoms with Gasteiger partial charge in [0.15, 0.2) is 17.1 Å². The number of aliphatic carboxylic acids is 1. The van der Waals surface area contributed by atoms with Gasteiger partial charge in [-0.25, -0.2) is 0 Å². The molecule has 0 aliphatic carbocycles. The van der Waals surface area contributed by atoms with Crippen LogP contribution in [0, 0.1) is 0 Å². The molecule has 0 aliphatic heterocycles. The summed E-state index contributed by atoms with van der Waals surface area (Å²) in [5, 5.41) is 11.1. The third kappa shape index (κ3) is 3.59. The fourth-order valence-corrected chi connectivity index (χ4v) is 1.72. The van der Waals surface area contributed by atoms with Gasteiger partial charge in [0.25, 0.3) is 0 Å². The topological polar surface area (TPSA) is 79.6 Å². The normalized spacial score (nSPS) is 9.95. The van der Waals surface area contributed by atoms with E-state index in [0.29, 0.717) is 16.9 Å². The molecule has 0 amide bonds. The number of ether oxygens (including phenoxy) is 1. The van der Waals surface area contributed by atoms with Crippen LogP contribution in [-0.2, 0) is 4.79 Å². The molecule has 2 aromatic rings. The van der Waals surface area contributed by atoms with Crippen LogP contribution in [0.2, 0.25) is 0 Å². The largest absolute Gasteiger partial charge is 1.00 e. The predicted molar refractivity (Wildman–Crippen MR) is 61.3 cm³/mol. The first-order chi connectivity index (χ1) is 8.61. The first-order valence-electron chi connectivity index (χ1n) is 5.40. The second kappa shape index (κ2) is 6.75. The van der Waals surface area contributed by atoms with Gasteiger partial charge in [0.1, 0.15) is 0 Å². The molecule has 1 aromatic heterocycles. The van der Waals surface area contributed by atoms with Crippen LogP contribution in [0.25, 0.3) is 11.0 Å². The molecule has 0 saturated carbocycles. The summed E-state index contributed by atoms with van der Waals surface area (Å²) in [5.41, 5.74) is 0.968. The molecule has 1 aromatic carbocycles. The minimum Gasteiger partial charge on any atom is -0.550 e. The van der Waals surface area contributed by atoms with E-state index in [4.69, 9.17) is 9.15 Å². The Kier molecular flexibility index (Phi) is 5.60. The van der Waals surface area contributed by atoms with Crippen molar-refractivity contribution in [3.05, 3.63) is 30.0 Å². The van der Waals surface area contributed by atoms with Crippen molar-refractivity contribution >= 4 is 22.7 Å².